The third-order valence-corrected chi connectivity index (χ3v) is 3.91. The Morgan fingerprint density at radius 1 is 1.35 bits per heavy atom. The van der Waals surface area contributed by atoms with Gasteiger partial charge in [-0.25, -0.2) is 0 Å². The maximum absolute atomic E-state index is 9.00. The number of benzene rings is 1. The zero-order chi connectivity index (χ0) is 14.2. The highest BCUT2D eigenvalue weighted by atomic mass is 16.2. The molecule has 1 aromatic carbocycles. The highest BCUT2D eigenvalue weighted by molar-refractivity contribution is 5.41. The number of nitrogens with two attached hydrogens (primary N) is 1. The number of rotatable bonds is 5. The van der Waals surface area contributed by atoms with Crippen LogP contribution in [0, 0.1) is 11.8 Å². The van der Waals surface area contributed by atoms with Crippen molar-refractivity contribution in [2.24, 2.45) is 5.73 Å². The highest BCUT2D eigenvalue weighted by Gasteiger charge is 2.24. The molecule has 1 heterocycles. The van der Waals surface area contributed by atoms with E-state index in [2.05, 4.69) is 34.9 Å². The molecule has 1 atom stereocenters. The van der Waals surface area contributed by atoms with E-state index in [1.165, 1.54) is 18.4 Å². The summed E-state index contributed by atoms with van der Waals surface area (Å²) in [5.74, 6) is 6.10. The summed E-state index contributed by atoms with van der Waals surface area (Å²) in [6.07, 6.45) is 4.49. The fourth-order valence-electron chi connectivity index (χ4n) is 2.90. The Balaban J connectivity index is 2.05. The lowest BCUT2D eigenvalue weighted by atomic mass is 10.1. The van der Waals surface area contributed by atoms with E-state index >= 15 is 0 Å². The van der Waals surface area contributed by atoms with Crippen LogP contribution in [0.5, 0.6) is 0 Å². The maximum atomic E-state index is 9.00. The maximum Gasteiger partial charge on any atom is 0.0555 e. The molecule has 0 spiro atoms. The first kappa shape index (κ1) is 15.1. The lowest BCUT2D eigenvalue weighted by molar-refractivity contribution is 0.210. The summed E-state index contributed by atoms with van der Waals surface area (Å²) in [6.45, 7) is 2.79. The fraction of sp³-hybridized carbons (Fsp3) is 0.529. The Bertz CT molecular complexity index is 475. The molecule has 0 aromatic heterocycles. The van der Waals surface area contributed by atoms with Gasteiger partial charge in [-0.05, 0) is 43.9 Å². The van der Waals surface area contributed by atoms with Crippen molar-refractivity contribution in [3.05, 3.63) is 35.4 Å². The average molecular weight is 272 g/mol. The predicted octanol–water partition coefficient (Wildman–Crippen LogP) is 1.73. The summed E-state index contributed by atoms with van der Waals surface area (Å²) in [7, 11) is 0. The molecule has 0 amide bonds. The summed E-state index contributed by atoms with van der Waals surface area (Å²) in [5.41, 5.74) is 7.83. The minimum Gasteiger partial charge on any atom is -0.396 e. The van der Waals surface area contributed by atoms with Crippen LogP contribution < -0.4 is 5.73 Å². The number of nitrogens with zero attached hydrogens (tertiary/aromatic N) is 1. The minimum atomic E-state index is 0.295. The number of aliphatic hydroxyl groups excluding tert-OH is 1. The molecule has 2 rings (SSSR count). The van der Waals surface area contributed by atoms with Gasteiger partial charge < -0.3 is 10.8 Å². The van der Waals surface area contributed by atoms with Crippen molar-refractivity contribution >= 4 is 0 Å². The third-order valence-electron chi connectivity index (χ3n) is 3.91. The summed E-state index contributed by atoms with van der Waals surface area (Å²) < 4.78 is 0. The van der Waals surface area contributed by atoms with Crippen LogP contribution in [0.1, 0.15) is 36.8 Å². The average Bonchev–Trinajstić information content (AvgIpc) is 2.91. The number of hydrogen-bond donors (Lipinski definition) is 2. The molecule has 0 bridgehead atoms. The Kier molecular flexibility index (Phi) is 6.07. The lowest BCUT2D eigenvalue weighted by Gasteiger charge is -2.24. The van der Waals surface area contributed by atoms with Crippen LogP contribution in [-0.4, -0.2) is 35.7 Å². The third kappa shape index (κ3) is 4.08. The summed E-state index contributed by atoms with van der Waals surface area (Å²) >= 11 is 0. The molecule has 1 unspecified atom stereocenters. The fourth-order valence-corrected chi connectivity index (χ4v) is 2.90. The van der Waals surface area contributed by atoms with Crippen molar-refractivity contribution in [1.82, 2.24) is 4.90 Å². The van der Waals surface area contributed by atoms with Gasteiger partial charge in [-0.1, -0.05) is 30.0 Å². The van der Waals surface area contributed by atoms with Gasteiger partial charge in [-0.15, -0.1) is 0 Å². The van der Waals surface area contributed by atoms with Gasteiger partial charge >= 0.3 is 0 Å². The number of likely N-dealkylation sites (tertiary alicyclic amines) is 1. The van der Waals surface area contributed by atoms with E-state index in [4.69, 9.17) is 10.8 Å². The SMILES string of the molecule is NCC#Cc1ccccc1CN1CCCC1CCCO. The molecule has 3 heteroatoms. The van der Waals surface area contributed by atoms with E-state index in [1.54, 1.807) is 0 Å². The van der Waals surface area contributed by atoms with Gasteiger partial charge in [0.05, 0.1) is 6.54 Å². The van der Waals surface area contributed by atoms with Gasteiger partial charge in [-0.3, -0.25) is 4.90 Å². The lowest BCUT2D eigenvalue weighted by Crippen LogP contribution is -2.29. The zero-order valence-corrected chi connectivity index (χ0v) is 12.0. The predicted molar refractivity (Wildman–Crippen MR) is 82.1 cm³/mol. The summed E-state index contributed by atoms with van der Waals surface area (Å²) in [6, 6.07) is 8.93. The second-order valence-electron chi connectivity index (χ2n) is 5.30. The van der Waals surface area contributed by atoms with Crippen molar-refractivity contribution in [2.75, 3.05) is 19.7 Å². The van der Waals surface area contributed by atoms with Gasteiger partial charge in [0.25, 0.3) is 0 Å². The Morgan fingerprint density at radius 3 is 3.00 bits per heavy atom. The topological polar surface area (TPSA) is 49.5 Å². The van der Waals surface area contributed by atoms with Crippen molar-refractivity contribution in [3.63, 3.8) is 0 Å². The highest BCUT2D eigenvalue weighted by Crippen LogP contribution is 2.24. The quantitative estimate of drug-likeness (QED) is 0.803. The molecule has 108 valence electrons. The van der Waals surface area contributed by atoms with Crippen molar-refractivity contribution < 1.29 is 5.11 Å². The van der Waals surface area contributed by atoms with Crippen LogP contribution in [0.4, 0.5) is 0 Å². The zero-order valence-electron chi connectivity index (χ0n) is 12.0. The molecule has 0 saturated carbocycles. The van der Waals surface area contributed by atoms with Crippen LogP contribution >= 0.6 is 0 Å². The van der Waals surface area contributed by atoms with Gasteiger partial charge in [0.1, 0.15) is 0 Å². The molecule has 20 heavy (non-hydrogen) atoms. The number of aliphatic hydroxyl groups is 1. The van der Waals surface area contributed by atoms with E-state index in [9.17, 15) is 0 Å². The Labute approximate surface area is 121 Å². The van der Waals surface area contributed by atoms with E-state index < -0.39 is 0 Å². The van der Waals surface area contributed by atoms with E-state index in [0.717, 1.165) is 31.5 Å². The molecule has 0 radical (unpaired) electrons. The minimum absolute atomic E-state index is 0.295. The molecule has 1 fully saturated rings. The molecular weight excluding hydrogens is 248 g/mol. The summed E-state index contributed by atoms with van der Waals surface area (Å²) in [4.78, 5) is 2.53. The van der Waals surface area contributed by atoms with Crippen molar-refractivity contribution in [3.8, 4) is 11.8 Å². The van der Waals surface area contributed by atoms with Crippen LogP contribution in [-0.2, 0) is 6.54 Å². The molecule has 1 aliphatic heterocycles. The molecule has 1 aromatic rings. The standard InChI is InChI=1S/C17H24N2O/c18-11-3-8-15-6-1-2-7-16(15)14-19-12-4-9-17(19)10-5-13-20/h1-2,6-7,17,20H,4-5,9-14,18H2. The van der Waals surface area contributed by atoms with Gasteiger partial charge in [0.15, 0.2) is 0 Å². The van der Waals surface area contributed by atoms with Gasteiger partial charge in [-0.2, -0.15) is 0 Å². The molecule has 3 nitrogen and oxygen atoms in total. The van der Waals surface area contributed by atoms with Gasteiger partial charge in [0, 0.05) is 24.8 Å². The summed E-state index contributed by atoms with van der Waals surface area (Å²) in [5, 5.41) is 9.00. The largest absolute Gasteiger partial charge is 0.396 e. The first-order chi connectivity index (χ1) is 9.85. The monoisotopic (exact) mass is 272 g/mol. The van der Waals surface area contributed by atoms with Crippen LogP contribution in [0.3, 0.4) is 0 Å². The van der Waals surface area contributed by atoms with E-state index in [-0.39, 0.29) is 0 Å². The Hall–Kier alpha value is -1.34. The molecule has 1 aliphatic rings. The van der Waals surface area contributed by atoms with E-state index in [1.807, 2.05) is 6.07 Å². The Morgan fingerprint density at radius 2 is 2.20 bits per heavy atom. The normalized spacial score (nSPS) is 18.8. The van der Waals surface area contributed by atoms with Crippen molar-refractivity contribution in [2.45, 2.75) is 38.3 Å². The molecule has 0 aliphatic carbocycles. The molecular formula is C17H24N2O. The van der Waals surface area contributed by atoms with E-state index in [0.29, 0.717) is 19.2 Å². The molecule has 3 N–H and O–H groups in total. The van der Waals surface area contributed by atoms with Crippen LogP contribution in [0.2, 0.25) is 0 Å². The second-order valence-corrected chi connectivity index (χ2v) is 5.30. The van der Waals surface area contributed by atoms with Crippen LogP contribution in [0.15, 0.2) is 24.3 Å². The first-order valence-electron chi connectivity index (χ1n) is 7.47. The van der Waals surface area contributed by atoms with Crippen LogP contribution in [0.25, 0.3) is 0 Å². The second kappa shape index (κ2) is 8.06. The first-order valence-corrected chi connectivity index (χ1v) is 7.47. The van der Waals surface area contributed by atoms with Gasteiger partial charge in [0.2, 0.25) is 0 Å². The van der Waals surface area contributed by atoms with Crippen molar-refractivity contribution in [1.29, 1.82) is 0 Å². The molecule has 1 saturated heterocycles. The number of hydrogen-bond acceptors (Lipinski definition) is 3. The smallest absolute Gasteiger partial charge is 0.0555 e.